The van der Waals surface area contributed by atoms with Crippen LogP contribution in [0.5, 0.6) is 0 Å². The van der Waals surface area contributed by atoms with E-state index in [1.807, 2.05) is 31.6 Å². The lowest BCUT2D eigenvalue weighted by Gasteiger charge is -2.16. The van der Waals surface area contributed by atoms with Crippen LogP contribution in [-0.4, -0.2) is 18.1 Å². The molecule has 0 aliphatic rings. The lowest BCUT2D eigenvalue weighted by Crippen LogP contribution is -2.29. The molecular formula is C15H17ClN2. The van der Waals surface area contributed by atoms with Crippen LogP contribution in [0, 0.1) is 0 Å². The van der Waals surface area contributed by atoms with Crippen LogP contribution >= 0.6 is 11.6 Å². The van der Waals surface area contributed by atoms with E-state index in [0.717, 1.165) is 17.9 Å². The topological polar surface area (TPSA) is 24.9 Å². The molecule has 1 aromatic carbocycles. The van der Waals surface area contributed by atoms with Gasteiger partial charge in [0.1, 0.15) is 0 Å². The van der Waals surface area contributed by atoms with Gasteiger partial charge in [0.25, 0.3) is 0 Å². The zero-order valence-electron chi connectivity index (χ0n) is 10.4. The van der Waals surface area contributed by atoms with Gasteiger partial charge in [0.05, 0.1) is 0 Å². The van der Waals surface area contributed by atoms with Crippen LogP contribution < -0.4 is 5.32 Å². The van der Waals surface area contributed by atoms with E-state index in [9.17, 15) is 0 Å². The van der Waals surface area contributed by atoms with Crippen molar-refractivity contribution in [1.29, 1.82) is 0 Å². The molecule has 18 heavy (non-hydrogen) atoms. The van der Waals surface area contributed by atoms with Gasteiger partial charge in [-0.05, 0) is 55.3 Å². The van der Waals surface area contributed by atoms with Gasteiger partial charge in [-0.15, -0.1) is 0 Å². The highest BCUT2D eigenvalue weighted by atomic mass is 35.5. The van der Waals surface area contributed by atoms with Gasteiger partial charge in [-0.25, -0.2) is 0 Å². The van der Waals surface area contributed by atoms with E-state index in [1.165, 1.54) is 11.1 Å². The van der Waals surface area contributed by atoms with Crippen molar-refractivity contribution >= 4 is 11.6 Å². The smallest absolute Gasteiger partial charge is 0.0406 e. The monoisotopic (exact) mass is 260 g/mol. The molecule has 1 N–H and O–H groups in total. The Bertz CT molecular complexity index is 468. The van der Waals surface area contributed by atoms with Gasteiger partial charge in [-0.3, -0.25) is 4.98 Å². The molecule has 1 atom stereocenters. The van der Waals surface area contributed by atoms with E-state index in [4.69, 9.17) is 11.6 Å². The first-order valence-corrected chi connectivity index (χ1v) is 6.46. The van der Waals surface area contributed by atoms with Gasteiger partial charge in [0, 0.05) is 23.5 Å². The van der Waals surface area contributed by atoms with E-state index in [1.54, 1.807) is 0 Å². The number of hydrogen-bond donors (Lipinski definition) is 1. The summed E-state index contributed by atoms with van der Waals surface area (Å²) < 4.78 is 0. The van der Waals surface area contributed by atoms with Gasteiger partial charge in [-0.2, -0.15) is 0 Å². The van der Waals surface area contributed by atoms with Crippen LogP contribution in [0.25, 0.3) is 0 Å². The second-order valence-electron chi connectivity index (χ2n) is 4.38. The lowest BCUT2D eigenvalue weighted by molar-refractivity contribution is 0.556. The Balaban J connectivity index is 1.99. The molecule has 0 aliphatic carbocycles. The summed E-state index contributed by atoms with van der Waals surface area (Å²) in [7, 11) is 2.00. The van der Waals surface area contributed by atoms with Crippen molar-refractivity contribution in [3.05, 3.63) is 64.9 Å². The fourth-order valence-electron chi connectivity index (χ4n) is 1.98. The van der Waals surface area contributed by atoms with Crippen LogP contribution in [0.1, 0.15) is 11.1 Å². The first-order valence-electron chi connectivity index (χ1n) is 6.08. The third kappa shape index (κ3) is 3.83. The maximum Gasteiger partial charge on any atom is 0.0406 e. The Labute approximate surface area is 113 Å². The molecule has 1 unspecified atom stereocenters. The molecule has 0 bridgehead atoms. The maximum atomic E-state index is 5.89. The van der Waals surface area contributed by atoms with Crippen molar-refractivity contribution in [2.75, 3.05) is 7.05 Å². The van der Waals surface area contributed by atoms with Crippen LogP contribution in [0.2, 0.25) is 5.02 Å². The molecule has 3 heteroatoms. The van der Waals surface area contributed by atoms with Crippen molar-refractivity contribution in [3.63, 3.8) is 0 Å². The number of aromatic nitrogens is 1. The third-order valence-corrected chi connectivity index (χ3v) is 3.29. The summed E-state index contributed by atoms with van der Waals surface area (Å²) in [5, 5.41) is 4.15. The van der Waals surface area contributed by atoms with Crippen molar-refractivity contribution in [1.82, 2.24) is 10.3 Å². The molecule has 1 heterocycles. The van der Waals surface area contributed by atoms with Crippen LogP contribution in [0.4, 0.5) is 0 Å². The van der Waals surface area contributed by atoms with Crippen molar-refractivity contribution in [2.24, 2.45) is 0 Å². The molecule has 0 saturated heterocycles. The molecule has 2 rings (SSSR count). The molecule has 94 valence electrons. The molecule has 0 amide bonds. The Kier molecular flexibility index (Phi) is 4.73. The molecule has 2 nitrogen and oxygen atoms in total. The zero-order chi connectivity index (χ0) is 12.8. The molecule has 0 saturated carbocycles. The quantitative estimate of drug-likeness (QED) is 0.894. The Hall–Kier alpha value is -1.38. The molecule has 2 aromatic rings. The summed E-state index contributed by atoms with van der Waals surface area (Å²) in [6, 6.07) is 12.6. The van der Waals surface area contributed by atoms with Gasteiger partial charge < -0.3 is 5.32 Å². The minimum atomic E-state index is 0.425. The van der Waals surface area contributed by atoms with E-state index in [2.05, 4.69) is 34.6 Å². The standard InChI is InChI=1S/C15H17ClN2/c1-17-15(11-13-6-8-18-9-7-13)10-12-2-4-14(16)5-3-12/h2-9,15,17H,10-11H2,1H3. The largest absolute Gasteiger partial charge is 0.316 e. The number of rotatable bonds is 5. The van der Waals surface area contributed by atoms with Crippen molar-refractivity contribution < 1.29 is 0 Å². The van der Waals surface area contributed by atoms with Crippen molar-refractivity contribution in [3.8, 4) is 0 Å². The number of halogens is 1. The first kappa shape index (κ1) is 13.1. The third-order valence-electron chi connectivity index (χ3n) is 3.04. The average Bonchev–Trinajstić information content (AvgIpc) is 2.41. The molecule has 0 spiro atoms. The molecule has 1 aromatic heterocycles. The number of nitrogens with zero attached hydrogens (tertiary/aromatic N) is 1. The van der Waals surface area contributed by atoms with E-state index >= 15 is 0 Å². The molecule has 0 fully saturated rings. The Morgan fingerprint density at radius 3 is 2.11 bits per heavy atom. The highest BCUT2D eigenvalue weighted by Gasteiger charge is 2.08. The number of pyridine rings is 1. The second kappa shape index (κ2) is 6.53. The van der Waals surface area contributed by atoms with Gasteiger partial charge in [-0.1, -0.05) is 23.7 Å². The van der Waals surface area contributed by atoms with Crippen LogP contribution in [-0.2, 0) is 12.8 Å². The molecule has 0 radical (unpaired) electrons. The number of likely N-dealkylation sites (N-methyl/N-ethyl adjacent to an activating group) is 1. The SMILES string of the molecule is CNC(Cc1ccncc1)Cc1ccc(Cl)cc1. The predicted molar refractivity (Wildman–Crippen MR) is 75.9 cm³/mol. The molecule has 0 aliphatic heterocycles. The van der Waals surface area contributed by atoms with Gasteiger partial charge in [0.15, 0.2) is 0 Å². The second-order valence-corrected chi connectivity index (χ2v) is 4.81. The van der Waals surface area contributed by atoms with Gasteiger partial charge in [0.2, 0.25) is 0 Å². The summed E-state index contributed by atoms with van der Waals surface area (Å²) >= 11 is 5.89. The Morgan fingerprint density at radius 2 is 1.56 bits per heavy atom. The molecular weight excluding hydrogens is 244 g/mol. The fourth-order valence-corrected chi connectivity index (χ4v) is 2.11. The van der Waals surface area contributed by atoms with E-state index < -0.39 is 0 Å². The minimum absolute atomic E-state index is 0.425. The van der Waals surface area contributed by atoms with Crippen LogP contribution in [0.3, 0.4) is 0 Å². The summed E-state index contributed by atoms with van der Waals surface area (Å²) in [5.74, 6) is 0. The maximum absolute atomic E-state index is 5.89. The summed E-state index contributed by atoms with van der Waals surface area (Å²) in [6.07, 6.45) is 5.67. The Morgan fingerprint density at radius 1 is 1.00 bits per heavy atom. The van der Waals surface area contributed by atoms with E-state index in [0.29, 0.717) is 6.04 Å². The summed E-state index contributed by atoms with van der Waals surface area (Å²) in [5.41, 5.74) is 2.60. The minimum Gasteiger partial charge on any atom is -0.316 e. The van der Waals surface area contributed by atoms with E-state index in [-0.39, 0.29) is 0 Å². The fraction of sp³-hybridized carbons (Fsp3) is 0.267. The average molecular weight is 261 g/mol. The predicted octanol–water partition coefficient (Wildman–Crippen LogP) is 3.11. The van der Waals surface area contributed by atoms with Gasteiger partial charge >= 0.3 is 0 Å². The normalized spacial score (nSPS) is 12.3. The lowest BCUT2D eigenvalue weighted by atomic mass is 10.00. The zero-order valence-corrected chi connectivity index (χ0v) is 11.2. The number of hydrogen-bond acceptors (Lipinski definition) is 2. The van der Waals surface area contributed by atoms with Crippen LogP contribution in [0.15, 0.2) is 48.8 Å². The number of benzene rings is 1. The number of nitrogens with one attached hydrogen (secondary N) is 1. The first-order chi connectivity index (χ1) is 8.78. The highest BCUT2D eigenvalue weighted by Crippen LogP contribution is 2.12. The van der Waals surface area contributed by atoms with Crippen molar-refractivity contribution in [2.45, 2.75) is 18.9 Å². The summed E-state index contributed by atoms with van der Waals surface area (Å²) in [4.78, 5) is 4.04. The summed E-state index contributed by atoms with van der Waals surface area (Å²) in [6.45, 7) is 0. The highest BCUT2D eigenvalue weighted by molar-refractivity contribution is 6.30.